The fourth-order valence-electron chi connectivity index (χ4n) is 2.05. The summed E-state index contributed by atoms with van der Waals surface area (Å²) in [5.74, 6) is 0.833. The third-order valence-corrected chi connectivity index (χ3v) is 3.45. The monoisotopic (exact) mass is 271 g/mol. The molecule has 2 atom stereocenters. The number of alkyl halides is 2. The van der Waals surface area contributed by atoms with E-state index in [1.54, 1.807) is 12.1 Å². The van der Waals surface area contributed by atoms with Crippen LogP contribution in [-0.2, 0) is 0 Å². The third kappa shape index (κ3) is 4.44. The van der Waals surface area contributed by atoms with Crippen molar-refractivity contribution in [3.05, 3.63) is 29.8 Å². The predicted octanol–water partition coefficient (Wildman–Crippen LogP) is 2.71. The van der Waals surface area contributed by atoms with E-state index in [0.717, 1.165) is 5.92 Å². The molecule has 0 bridgehead atoms. The fraction of sp³-hybridized carbons (Fsp3) is 0.571. The molecule has 0 aliphatic heterocycles. The second kappa shape index (κ2) is 6.30. The smallest absolute Gasteiger partial charge is 0.387 e. The van der Waals surface area contributed by atoms with Gasteiger partial charge in [-0.05, 0) is 43.4 Å². The quantitative estimate of drug-likeness (QED) is 0.801. The molecule has 1 aromatic rings. The molecule has 2 unspecified atom stereocenters. The first-order chi connectivity index (χ1) is 9.06. The SMILES string of the molecule is CC(NCC(O)c1ccc(OC(F)F)cc1)C1CC1. The van der Waals surface area contributed by atoms with Gasteiger partial charge in [-0.15, -0.1) is 0 Å². The lowest BCUT2D eigenvalue weighted by Gasteiger charge is -2.17. The predicted molar refractivity (Wildman–Crippen MR) is 68.2 cm³/mol. The second-order valence-electron chi connectivity index (χ2n) is 5.00. The van der Waals surface area contributed by atoms with Gasteiger partial charge >= 0.3 is 6.61 Å². The molecule has 5 heteroatoms. The normalized spacial score (nSPS) is 18.4. The molecule has 1 aromatic carbocycles. The number of ether oxygens (including phenoxy) is 1. The Morgan fingerprint density at radius 2 is 1.95 bits per heavy atom. The van der Waals surface area contributed by atoms with Crippen LogP contribution in [0.25, 0.3) is 0 Å². The van der Waals surface area contributed by atoms with E-state index in [2.05, 4.69) is 17.0 Å². The van der Waals surface area contributed by atoms with Crippen LogP contribution in [0.5, 0.6) is 5.75 Å². The van der Waals surface area contributed by atoms with E-state index in [-0.39, 0.29) is 5.75 Å². The van der Waals surface area contributed by atoms with Crippen LogP contribution in [0.15, 0.2) is 24.3 Å². The summed E-state index contributed by atoms with van der Waals surface area (Å²) in [5.41, 5.74) is 0.692. The van der Waals surface area contributed by atoms with E-state index >= 15 is 0 Å². The number of nitrogens with one attached hydrogen (secondary N) is 1. The Morgan fingerprint density at radius 1 is 1.32 bits per heavy atom. The van der Waals surface area contributed by atoms with Crippen LogP contribution >= 0.6 is 0 Å². The highest BCUT2D eigenvalue weighted by molar-refractivity contribution is 5.28. The van der Waals surface area contributed by atoms with Crippen molar-refractivity contribution in [1.29, 1.82) is 0 Å². The van der Waals surface area contributed by atoms with Gasteiger partial charge in [0, 0.05) is 12.6 Å². The van der Waals surface area contributed by atoms with Crippen molar-refractivity contribution in [2.24, 2.45) is 5.92 Å². The highest BCUT2D eigenvalue weighted by atomic mass is 19.3. The van der Waals surface area contributed by atoms with Gasteiger partial charge < -0.3 is 15.2 Å². The summed E-state index contributed by atoms with van der Waals surface area (Å²) in [6.07, 6.45) is 1.87. The lowest BCUT2D eigenvalue weighted by molar-refractivity contribution is -0.0498. The molecule has 1 saturated carbocycles. The molecule has 2 N–H and O–H groups in total. The molecule has 2 rings (SSSR count). The van der Waals surface area contributed by atoms with Gasteiger partial charge in [0.15, 0.2) is 0 Å². The summed E-state index contributed by atoms with van der Waals surface area (Å²) in [6.45, 7) is -0.242. The topological polar surface area (TPSA) is 41.5 Å². The Bertz CT molecular complexity index is 393. The number of rotatable bonds is 7. The summed E-state index contributed by atoms with van der Waals surface area (Å²) in [7, 11) is 0. The van der Waals surface area contributed by atoms with Crippen LogP contribution in [0.2, 0.25) is 0 Å². The van der Waals surface area contributed by atoms with Gasteiger partial charge in [-0.2, -0.15) is 8.78 Å². The van der Waals surface area contributed by atoms with Crippen LogP contribution in [0.4, 0.5) is 8.78 Å². The zero-order chi connectivity index (χ0) is 13.8. The van der Waals surface area contributed by atoms with E-state index in [0.29, 0.717) is 18.2 Å². The molecule has 19 heavy (non-hydrogen) atoms. The molecule has 0 radical (unpaired) electrons. The van der Waals surface area contributed by atoms with Gasteiger partial charge in [0.2, 0.25) is 0 Å². The van der Waals surface area contributed by atoms with Crippen LogP contribution < -0.4 is 10.1 Å². The summed E-state index contributed by atoms with van der Waals surface area (Å²) in [4.78, 5) is 0. The molecule has 0 saturated heterocycles. The summed E-state index contributed by atoms with van der Waals surface area (Å²) in [6, 6.07) is 6.50. The molecule has 0 amide bonds. The van der Waals surface area contributed by atoms with E-state index in [1.807, 2.05) is 0 Å². The maximum absolute atomic E-state index is 12.0. The van der Waals surface area contributed by atoms with Gasteiger partial charge in [-0.1, -0.05) is 12.1 Å². The Labute approximate surface area is 111 Å². The fourth-order valence-corrected chi connectivity index (χ4v) is 2.05. The minimum Gasteiger partial charge on any atom is -0.435 e. The summed E-state index contributed by atoms with van der Waals surface area (Å²) < 4.78 is 28.2. The molecule has 0 heterocycles. The Balaban J connectivity index is 1.82. The molecule has 1 aliphatic carbocycles. The number of halogens is 2. The van der Waals surface area contributed by atoms with E-state index in [1.165, 1.54) is 25.0 Å². The van der Waals surface area contributed by atoms with Gasteiger partial charge in [0.1, 0.15) is 5.75 Å². The van der Waals surface area contributed by atoms with E-state index in [4.69, 9.17) is 0 Å². The molecule has 0 aromatic heterocycles. The number of aliphatic hydroxyl groups is 1. The molecule has 106 valence electrons. The highest BCUT2D eigenvalue weighted by Crippen LogP contribution is 2.32. The maximum atomic E-state index is 12.0. The first-order valence-electron chi connectivity index (χ1n) is 6.52. The van der Waals surface area contributed by atoms with E-state index in [9.17, 15) is 13.9 Å². The van der Waals surface area contributed by atoms with Crippen LogP contribution in [-0.4, -0.2) is 24.3 Å². The summed E-state index contributed by atoms with van der Waals surface area (Å²) in [5, 5.41) is 13.3. The molecule has 1 fully saturated rings. The van der Waals surface area contributed by atoms with Crippen LogP contribution in [0, 0.1) is 5.92 Å². The number of hydrogen-bond donors (Lipinski definition) is 2. The largest absolute Gasteiger partial charge is 0.435 e. The summed E-state index contributed by atoms with van der Waals surface area (Å²) >= 11 is 0. The second-order valence-corrected chi connectivity index (χ2v) is 5.00. The van der Waals surface area contributed by atoms with E-state index < -0.39 is 12.7 Å². The van der Waals surface area contributed by atoms with Crippen LogP contribution in [0.1, 0.15) is 31.4 Å². The lowest BCUT2D eigenvalue weighted by Crippen LogP contribution is -2.31. The Morgan fingerprint density at radius 3 is 2.47 bits per heavy atom. The number of hydrogen-bond acceptors (Lipinski definition) is 3. The standard InChI is InChI=1S/C14H19F2NO2/c1-9(10-2-3-10)17-8-13(18)11-4-6-12(7-5-11)19-14(15)16/h4-7,9-10,13-14,17-18H,2-3,8H2,1H3. The average Bonchev–Trinajstić information content (AvgIpc) is 3.20. The van der Waals surface area contributed by atoms with Crippen molar-refractivity contribution in [2.75, 3.05) is 6.54 Å². The number of aliphatic hydroxyl groups excluding tert-OH is 1. The Kier molecular flexibility index (Phi) is 4.71. The van der Waals surface area contributed by atoms with Crippen molar-refractivity contribution in [3.8, 4) is 5.75 Å². The first-order valence-corrected chi connectivity index (χ1v) is 6.52. The third-order valence-electron chi connectivity index (χ3n) is 3.45. The zero-order valence-corrected chi connectivity index (χ0v) is 10.9. The molecular weight excluding hydrogens is 252 g/mol. The highest BCUT2D eigenvalue weighted by Gasteiger charge is 2.27. The van der Waals surface area contributed by atoms with Crippen molar-refractivity contribution in [3.63, 3.8) is 0 Å². The molecule has 1 aliphatic rings. The average molecular weight is 271 g/mol. The van der Waals surface area contributed by atoms with Gasteiger partial charge in [0.05, 0.1) is 6.10 Å². The van der Waals surface area contributed by atoms with Gasteiger partial charge in [-0.25, -0.2) is 0 Å². The van der Waals surface area contributed by atoms with Crippen molar-refractivity contribution in [1.82, 2.24) is 5.32 Å². The lowest BCUT2D eigenvalue weighted by atomic mass is 10.1. The van der Waals surface area contributed by atoms with Crippen LogP contribution in [0.3, 0.4) is 0 Å². The molecular formula is C14H19F2NO2. The zero-order valence-electron chi connectivity index (χ0n) is 10.9. The molecule has 3 nitrogen and oxygen atoms in total. The number of benzene rings is 1. The Hall–Kier alpha value is -1.20. The minimum absolute atomic E-state index is 0.102. The maximum Gasteiger partial charge on any atom is 0.387 e. The molecule has 0 spiro atoms. The van der Waals surface area contributed by atoms with Crippen molar-refractivity contribution >= 4 is 0 Å². The van der Waals surface area contributed by atoms with Crippen molar-refractivity contribution < 1.29 is 18.6 Å². The minimum atomic E-state index is -2.82. The van der Waals surface area contributed by atoms with Gasteiger partial charge in [-0.3, -0.25) is 0 Å². The first kappa shape index (κ1) is 14.2. The van der Waals surface area contributed by atoms with Crippen molar-refractivity contribution in [2.45, 2.75) is 38.5 Å². The van der Waals surface area contributed by atoms with Gasteiger partial charge in [0.25, 0.3) is 0 Å².